The molecular weight excluding hydrogens is 242 g/mol. The van der Waals surface area contributed by atoms with Crippen molar-refractivity contribution in [2.75, 3.05) is 13.6 Å². The molecule has 1 N–H and O–H groups in total. The van der Waals surface area contributed by atoms with E-state index in [4.69, 9.17) is 0 Å². The lowest BCUT2D eigenvalue weighted by Gasteiger charge is -2.25. The molecule has 0 unspecified atom stereocenters. The van der Waals surface area contributed by atoms with Crippen LogP contribution in [0.3, 0.4) is 0 Å². The Morgan fingerprint density at radius 1 is 1.26 bits per heavy atom. The number of carbonyl (C=O) groups excluding carboxylic acids is 2. The summed E-state index contributed by atoms with van der Waals surface area (Å²) >= 11 is 0. The predicted molar refractivity (Wildman–Crippen MR) is 75.6 cm³/mol. The van der Waals surface area contributed by atoms with E-state index in [1.54, 1.807) is 7.05 Å². The Hall–Kier alpha value is -1.39. The first-order valence-electron chi connectivity index (χ1n) is 6.95. The van der Waals surface area contributed by atoms with Crippen LogP contribution in [-0.4, -0.2) is 36.1 Å². The highest BCUT2D eigenvalue weighted by atomic mass is 16.2. The quantitative estimate of drug-likeness (QED) is 0.823. The van der Waals surface area contributed by atoms with Crippen LogP contribution in [0.1, 0.15) is 40.5 Å². The second kappa shape index (κ2) is 6.68. The van der Waals surface area contributed by atoms with Gasteiger partial charge in [-0.3, -0.25) is 9.59 Å². The van der Waals surface area contributed by atoms with E-state index in [0.29, 0.717) is 42.9 Å². The summed E-state index contributed by atoms with van der Waals surface area (Å²) in [5, 5.41) is 8.21. The Kier molecular flexibility index (Phi) is 5.51. The van der Waals surface area contributed by atoms with Crippen LogP contribution >= 0.6 is 0 Å². The van der Waals surface area contributed by atoms with Gasteiger partial charge in [0.2, 0.25) is 5.91 Å². The molecule has 1 heterocycles. The lowest BCUT2D eigenvalue weighted by atomic mass is 9.85. The fourth-order valence-electron chi connectivity index (χ4n) is 2.39. The van der Waals surface area contributed by atoms with E-state index in [1.807, 2.05) is 0 Å². The topological polar surface area (TPSA) is 61.8 Å². The van der Waals surface area contributed by atoms with Gasteiger partial charge in [-0.15, -0.1) is 0 Å². The van der Waals surface area contributed by atoms with Crippen molar-refractivity contribution in [3.8, 4) is 0 Å². The SMILES string of the molecule is CC(C)C(CNC(=O)C1=NN(C)C(=O)CC1)C(C)C. The molecule has 0 aromatic carbocycles. The minimum atomic E-state index is -0.148. The van der Waals surface area contributed by atoms with Crippen LogP contribution in [0.15, 0.2) is 5.10 Å². The van der Waals surface area contributed by atoms with E-state index in [1.165, 1.54) is 5.01 Å². The van der Waals surface area contributed by atoms with Crippen LogP contribution < -0.4 is 5.32 Å². The van der Waals surface area contributed by atoms with Gasteiger partial charge in [-0.2, -0.15) is 5.10 Å². The summed E-state index contributed by atoms with van der Waals surface area (Å²) in [5.74, 6) is 1.31. The molecular formula is C14H25N3O2. The monoisotopic (exact) mass is 267 g/mol. The molecule has 0 saturated heterocycles. The molecule has 0 radical (unpaired) electrons. The van der Waals surface area contributed by atoms with Gasteiger partial charge in [0.25, 0.3) is 5.91 Å². The summed E-state index contributed by atoms with van der Waals surface area (Å²) in [6.45, 7) is 9.33. The number of hydrogen-bond acceptors (Lipinski definition) is 3. The maximum Gasteiger partial charge on any atom is 0.267 e. The van der Waals surface area contributed by atoms with Crippen LogP contribution in [0, 0.1) is 17.8 Å². The molecule has 0 saturated carbocycles. The molecule has 0 aliphatic carbocycles. The lowest BCUT2D eigenvalue weighted by Crippen LogP contribution is -2.41. The van der Waals surface area contributed by atoms with Crippen LogP contribution in [0.4, 0.5) is 0 Å². The summed E-state index contributed by atoms with van der Waals surface area (Å²) in [5.41, 5.74) is 0.452. The zero-order valence-electron chi connectivity index (χ0n) is 12.6. The van der Waals surface area contributed by atoms with Gasteiger partial charge in [0.05, 0.1) is 0 Å². The molecule has 1 aliphatic rings. The molecule has 2 amide bonds. The molecule has 108 valence electrons. The Morgan fingerprint density at radius 2 is 1.84 bits per heavy atom. The molecule has 1 rings (SSSR count). The second-order valence-corrected chi connectivity index (χ2v) is 5.83. The summed E-state index contributed by atoms with van der Waals surface area (Å²) < 4.78 is 0. The molecule has 19 heavy (non-hydrogen) atoms. The van der Waals surface area contributed by atoms with Gasteiger partial charge < -0.3 is 5.32 Å². The van der Waals surface area contributed by atoms with Gasteiger partial charge in [0, 0.05) is 26.4 Å². The first-order chi connectivity index (χ1) is 8.82. The van der Waals surface area contributed by atoms with E-state index >= 15 is 0 Å². The highest BCUT2D eigenvalue weighted by molar-refractivity contribution is 6.39. The van der Waals surface area contributed by atoms with E-state index in [2.05, 4.69) is 38.1 Å². The second-order valence-electron chi connectivity index (χ2n) is 5.83. The summed E-state index contributed by atoms with van der Waals surface area (Å²) in [6, 6.07) is 0. The minimum absolute atomic E-state index is 0.0428. The fourth-order valence-corrected chi connectivity index (χ4v) is 2.39. The maximum atomic E-state index is 12.0. The standard InChI is InChI=1S/C14H25N3O2/c1-9(2)11(10(3)4)8-15-14(19)12-6-7-13(18)17(5)16-12/h9-11H,6-8H2,1-5H3,(H,15,19). The van der Waals surface area contributed by atoms with Gasteiger partial charge in [0.15, 0.2) is 0 Å². The number of hydrogen-bond donors (Lipinski definition) is 1. The summed E-state index contributed by atoms with van der Waals surface area (Å²) in [6.07, 6.45) is 0.795. The van der Waals surface area contributed by atoms with Crippen molar-refractivity contribution in [2.24, 2.45) is 22.9 Å². The van der Waals surface area contributed by atoms with Crippen LogP contribution in [0.2, 0.25) is 0 Å². The number of nitrogens with zero attached hydrogens (tertiary/aromatic N) is 2. The number of rotatable bonds is 5. The number of nitrogens with one attached hydrogen (secondary N) is 1. The molecule has 5 nitrogen and oxygen atoms in total. The van der Waals surface area contributed by atoms with E-state index < -0.39 is 0 Å². The highest BCUT2D eigenvalue weighted by Gasteiger charge is 2.23. The van der Waals surface area contributed by atoms with Gasteiger partial charge in [-0.1, -0.05) is 27.7 Å². The third-order valence-corrected chi connectivity index (χ3v) is 3.68. The number of hydrazone groups is 1. The van der Waals surface area contributed by atoms with Gasteiger partial charge >= 0.3 is 0 Å². The zero-order valence-corrected chi connectivity index (χ0v) is 12.6. The fraction of sp³-hybridized carbons (Fsp3) is 0.786. The molecule has 0 aromatic rings. The predicted octanol–water partition coefficient (Wildman–Crippen LogP) is 1.64. The Labute approximate surface area is 115 Å². The molecule has 0 fully saturated rings. The Bertz CT molecular complexity index is 367. The molecule has 0 atom stereocenters. The lowest BCUT2D eigenvalue weighted by molar-refractivity contribution is -0.130. The molecule has 0 spiro atoms. The van der Waals surface area contributed by atoms with Gasteiger partial charge in [-0.05, 0) is 17.8 Å². The van der Waals surface area contributed by atoms with Crippen molar-refractivity contribution < 1.29 is 9.59 Å². The average Bonchev–Trinajstić information content (AvgIpc) is 2.31. The average molecular weight is 267 g/mol. The van der Waals surface area contributed by atoms with Crippen molar-refractivity contribution in [3.63, 3.8) is 0 Å². The van der Waals surface area contributed by atoms with Crippen molar-refractivity contribution >= 4 is 17.5 Å². The van der Waals surface area contributed by atoms with Crippen molar-refractivity contribution in [2.45, 2.75) is 40.5 Å². The third kappa shape index (κ3) is 4.33. The van der Waals surface area contributed by atoms with Gasteiger partial charge in [0.1, 0.15) is 5.71 Å². The first-order valence-corrected chi connectivity index (χ1v) is 6.95. The molecule has 0 bridgehead atoms. The van der Waals surface area contributed by atoms with Crippen LogP contribution in [0.25, 0.3) is 0 Å². The highest BCUT2D eigenvalue weighted by Crippen LogP contribution is 2.19. The van der Waals surface area contributed by atoms with Gasteiger partial charge in [-0.25, -0.2) is 5.01 Å². The Balaban J connectivity index is 2.56. The van der Waals surface area contributed by atoms with Crippen molar-refractivity contribution in [1.82, 2.24) is 10.3 Å². The smallest absolute Gasteiger partial charge is 0.267 e. The third-order valence-electron chi connectivity index (χ3n) is 3.68. The van der Waals surface area contributed by atoms with Crippen LogP contribution in [0.5, 0.6) is 0 Å². The van der Waals surface area contributed by atoms with Crippen LogP contribution in [-0.2, 0) is 9.59 Å². The largest absolute Gasteiger partial charge is 0.351 e. The summed E-state index contributed by atoms with van der Waals surface area (Å²) in [7, 11) is 1.58. The van der Waals surface area contributed by atoms with E-state index in [9.17, 15) is 9.59 Å². The molecule has 1 aliphatic heterocycles. The maximum absolute atomic E-state index is 12.0. The van der Waals surface area contributed by atoms with E-state index in [0.717, 1.165) is 0 Å². The zero-order chi connectivity index (χ0) is 14.6. The van der Waals surface area contributed by atoms with Crippen molar-refractivity contribution in [1.29, 1.82) is 0 Å². The van der Waals surface area contributed by atoms with Crippen molar-refractivity contribution in [3.05, 3.63) is 0 Å². The molecule has 0 aromatic heterocycles. The number of carbonyl (C=O) groups is 2. The normalized spacial score (nSPS) is 16.3. The molecule has 5 heteroatoms. The Morgan fingerprint density at radius 3 is 2.32 bits per heavy atom. The van der Waals surface area contributed by atoms with E-state index in [-0.39, 0.29) is 11.8 Å². The first kappa shape index (κ1) is 15.7. The number of amides is 2. The minimum Gasteiger partial charge on any atom is -0.351 e. The summed E-state index contributed by atoms with van der Waals surface area (Å²) in [4.78, 5) is 23.3.